The molecule has 21 heavy (non-hydrogen) atoms. The number of likely N-dealkylation sites (N-methyl/N-ethyl adjacent to an activating group) is 1. The molecule has 0 aliphatic carbocycles. The minimum absolute atomic E-state index is 0.127. The highest BCUT2D eigenvalue weighted by Crippen LogP contribution is 2.16. The van der Waals surface area contributed by atoms with E-state index in [-0.39, 0.29) is 5.91 Å². The van der Waals surface area contributed by atoms with Crippen molar-refractivity contribution in [1.29, 1.82) is 0 Å². The summed E-state index contributed by atoms with van der Waals surface area (Å²) in [4.78, 5) is 14.2. The first-order valence-electron chi connectivity index (χ1n) is 6.99. The maximum atomic E-state index is 12.1. The maximum Gasteiger partial charge on any atom is 0.253 e. The maximum absolute atomic E-state index is 12.1. The molecule has 0 radical (unpaired) electrons. The van der Waals surface area contributed by atoms with Gasteiger partial charge < -0.3 is 16.0 Å². The second-order valence-corrected chi connectivity index (χ2v) is 5.05. The number of anilines is 2. The number of nitrogens with zero attached hydrogens (tertiary/aromatic N) is 1. The van der Waals surface area contributed by atoms with Gasteiger partial charge in [-0.15, -0.1) is 0 Å². The van der Waals surface area contributed by atoms with E-state index in [9.17, 15) is 4.79 Å². The topological polar surface area (TPSA) is 58.4 Å². The number of aryl methyl sites for hydroxylation is 1. The monoisotopic (exact) mass is 283 g/mol. The molecule has 3 N–H and O–H groups in total. The molecule has 0 atom stereocenters. The predicted molar refractivity (Wildman–Crippen MR) is 87.6 cm³/mol. The quantitative estimate of drug-likeness (QED) is 0.829. The molecule has 0 bridgehead atoms. The van der Waals surface area contributed by atoms with E-state index >= 15 is 0 Å². The third-order valence-corrected chi connectivity index (χ3v) is 3.50. The number of nitrogens with one attached hydrogen (secondary N) is 1. The summed E-state index contributed by atoms with van der Waals surface area (Å²) in [6.45, 7) is 3.20. The van der Waals surface area contributed by atoms with Crippen LogP contribution in [0.2, 0.25) is 0 Å². The molecule has 2 rings (SSSR count). The Balaban J connectivity index is 1.89. The summed E-state index contributed by atoms with van der Waals surface area (Å²) in [7, 11) is 2.00. The van der Waals surface area contributed by atoms with E-state index in [0.29, 0.717) is 17.8 Å². The molecule has 110 valence electrons. The highest BCUT2D eigenvalue weighted by molar-refractivity contribution is 5.99. The summed E-state index contributed by atoms with van der Waals surface area (Å²) in [6.07, 6.45) is 0. The minimum atomic E-state index is -0.127. The third kappa shape index (κ3) is 3.75. The Bertz CT molecular complexity index is 611. The zero-order chi connectivity index (χ0) is 15.2. The van der Waals surface area contributed by atoms with E-state index in [4.69, 9.17) is 5.73 Å². The number of amides is 1. The Morgan fingerprint density at radius 1 is 1.14 bits per heavy atom. The van der Waals surface area contributed by atoms with Gasteiger partial charge in [0.2, 0.25) is 0 Å². The Morgan fingerprint density at radius 3 is 2.57 bits per heavy atom. The summed E-state index contributed by atoms with van der Waals surface area (Å²) in [5.41, 5.74) is 9.07. The van der Waals surface area contributed by atoms with Crippen molar-refractivity contribution >= 4 is 17.3 Å². The van der Waals surface area contributed by atoms with Crippen LogP contribution in [0.1, 0.15) is 15.9 Å². The zero-order valence-electron chi connectivity index (χ0n) is 12.5. The van der Waals surface area contributed by atoms with Gasteiger partial charge in [0.15, 0.2) is 0 Å². The highest BCUT2D eigenvalue weighted by Gasteiger charge is 2.10. The Kier molecular flexibility index (Phi) is 4.82. The fraction of sp³-hybridized carbons (Fsp3) is 0.235. The lowest BCUT2D eigenvalue weighted by Crippen LogP contribution is -2.33. The Hall–Kier alpha value is -2.49. The van der Waals surface area contributed by atoms with Crippen molar-refractivity contribution in [2.24, 2.45) is 0 Å². The van der Waals surface area contributed by atoms with Crippen LogP contribution in [0, 0.1) is 6.92 Å². The molecule has 0 aromatic heterocycles. The first-order chi connectivity index (χ1) is 10.1. The van der Waals surface area contributed by atoms with E-state index < -0.39 is 0 Å². The Labute approximate surface area is 125 Å². The van der Waals surface area contributed by atoms with Crippen molar-refractivity contribution in [2.75, 3.05) is 30.8 Å². The summed E-state index contributed by atoms with van der Waals surface area (Å²) < 4.78 is 0. The smallest absolute Gasteiger partial charge is 0.253 e. The molecule has 0 saturated carbocycles. The molecular weight excluding hydrogens is 262 g/mol. The number of hydrogen-bond donors (Lipinski definition) is 2. The van der Waals surface area contributed by atoms with E-state index in [1.54, 1.807) is 6.07 Å². The van der Waals surface area contributed by atoms with Crippen molar-refractivity contribution < 1.29 is 4.79 Å². The van der Waals surface area contributed by atoms with Crippen LogP contribution in [0.15, 0.2) is 48.5 Å². The largest absolute Gasteiger partial charge is 0.398 e. The fourth-order valence-electron chi connectivity index (χ4n) is 2.12. The van der Waals surface area contributed by atoms with Crippen LogP contribution in [0.4, 0.5) is 11.4 Å². The lowest BCUT2D eigenvalue weighted by molar-refractivity contribution is 0.0955. The summed E-state index contributed by atoms with van der Waals surface area (Å²) >= 11 is 0. The molecule has 0 spiro atoms. The van der Waals surface area contributed by atoms with E-state index in [2.05, 4.69) is 10.2 Å². The first kappa shape index (κ1) is 14.9. The van der Waals surface area contributed by atoms with Gasteiger partial charge in [-0.2, -0.15) is 0 Å². The fourth-order valence-corrected chi connectivity index (χ4v) is 2.12. The first-order valence-corrected chi connectivity index (χ1v) is 6.99. The lowest BCUT2D eigenvalue weighted by Gasteiger charge is -2.19. The molecule has 2 aromatic rings. The second-order valence-electron chi connectivity index (χ2n) is 5.05. The van der Waals surface area contributed by atoms with Crippen LogP contribution in [-0.4, -0.2) is 26.0 Å². The normalized spacial score (nSPS) is 10.2. The predicted octanol–water partition coefficient (Wildman–Crippen LogP) is 2.44. The summed E-state index contributed by atoms with van der Waals surface area (Å²) in [5.74, 6) is -0.127. The van der Waals surface area contributed by atoms with Crippen LogP contribution >= 0.6 is 0 Å². The number of carbonyl (C=O) groups excluding carboxylic acids is 1. The molecule has 0 aliphatic heterocycles. The van der Waals surface area contributed by atoms with Gasteiger partial charge in [0.05, 0.1) is 5.56 Å². The molecule has 4 heteroatoms. The van der Waals surface area contributed by atoms with Crippen molar-refractivity contribution in [3.05, 3.63) is 59.7 Å². The molecule has 0 saturated heterocycles. The van der Waals surface area contributed by atoms with Crippen molar-refractivity contribution in [3.63, 3.8) is 0 Å². The van der Waals surface area contributed by atoms with Gasteiger partial charge in [0.25, 0.3) is 5.91 Å². The second kappa shape index (κ2) is 6.79. The van der Waals surface area contributed by atoms with E-state index in [0.717, 1.165) is 17.8 Å². The minimum Gasteiger partial charge on any atom is -0.398 e. The van der Waals surface area contributed by atoms with E-state index in [1.807, 2.05) is 56.4 Å². The molecule has 0 aliphatic rings. The number of hydrogen-bond acceptors (Lipinski definition) is 3. The third-order valence-electron chi connectivity index (χ3n) is 3.50. The van der Waals surface area contributed by atoms with Crippen molar-refractivity contribution in [3.8, 4) is 0 Å². The van der Waals surface area contributed by atoms with Gasteiger partial charge >= 0.3 is 0 Å². The van der Waals surface area contributed by atoms with Crippen LogP contribution in [0.25, 0.3) is 0 Å². The summed E-state index contributed by atoms with van der Waals surface area (Å²) in [6, 6.07) is 15.6. The summed E-state index contributed by atoms with van der Waals surface area (Å²) in [5, 5.41) is 2.91. The van der Waals surface area contributed by atoms with Crippen LogP contribution in [-0.2, 0) is 0 Å². The van der Waals surface area contributed by atoms with Crippen molar-refractivity contribution in [2.45, 2.75) is 6.92 Å². The van der Waals surface area contributed by atoms with E-state index in [1.165, 1.54) is 0 Å². The standard InChI is InChI=1S/C17H21N3O/c1-13-7-6-10-15(16(13)18)17(21)19-11-12-20(2)14-8-4-3-5-9-14/h3-10H,11-12,18H2,1-2H3,(H,19,21). The van der Waals surface area contributed by atoms with Gasteiger partial charge in [-0.25, -0.2) is 0 Å². The number of rotatable bonds is 5. The van der Waals surface area contributed by atoms with Gasteiger partial charge in [0, 0.05) is 31.5 Å². The molecule has 1 amide bonds. The van der Waals surface area contributed by atoms with Gasteiger partial charge in [0.1, 0.15) is 0 Å². The average Bonchev–Trinajstić information content (AvgIpc) is 2.50. The molecule has 2 aromatic carbocycles. The Morgan fingerprint density at radius 2 is 1.86 bits per heavy atom. The zero-order valence-corrected chi connectivity index (χ0v) is 12.5. The number of nitrogens with two attached hydrogens (primary N) is 1. The number of carbonyl (C=O) groups is 1. The average molecular weight is 283 g/mol. The molecule has 4 nitrogen and oxygen atoms in total. The highest BCUT2D eigenvalue weighted by atomic mass is 16.1. The number of nitrogen functional groups attached to an aromatic ring is 1. The number of benzene rings is 2. The van der Waals surface area contributed by atoms with Gasteiger partial charge in [-0.1, -0.05) is 30.3 Å². The van der Waals surface area contributed by atoms with Crippen LogP contribution < -0.4 is 16.0 Å². The molecule has 0 unspecified atom stereocenters. The number of para-hydroxylation sites is 2. The SMILES string of the molecule is Cc1cccc(C(=O)NCCN(C)c2ccccc2)c1N. The van der Waals surface area contributed by atoms with Crippen LogP contribution in [0.3, 0.4) is 0 Å². The molecular formula is C17H21N3O. The molecule has 0 fully saturated rings. The van der Waals surface area contributed by atoms with Gasteiger partial charge in [-0.3, -0.25) is 4.79 Å². The lowest BCUT2D eigenvalue weighted by atomic mass is 10.1. The van der Waals surface area contributed by atoms with Crippen molar-refractivity contribution in [1.82, 2.24) is 5.32 Å². The van der Waals surface area contributed by atoms with Gasteiger partial charge in [-0.05, 0) is 30.7 Å². The molecule has 0 heterocycles. The van der Waals surface area contributed by atoms with Crippen LogP contribution in [0.5, 0.6) is 0 Å².